The van der Waals surface area contributed by atoms with E-state index in [9.17, 15) is 4.79 Å². The van der Waals surface area contributed by atoms with Crippen molar-refractivity contribution < 1.29 is 4.79 Å². The molecule has 7 heteroatoms. The molecule has 1 saturated heterocycles. The molecule has 1 aliphatic heterocycles. The Labute approximate surface area is 136 Å². The number of aryl methyl sites for hydroxylation is 2. The normalized spacial score (nSPS) is 19.3. The average molecular weight is 316 g/mol. The predicted octanol–water partition coefficient (Wildman–Crippen LogP) is 1.22. The molecular weight excluding hydrogens is 292 g/mol. The Balaban J connectivity index is 1.79. The highest BCUT2D eigenvalue weighted by atomic mass is 16.2. The van der Waals surface area contributed by atoms with E-state index in [1.807, 2.05) is 22.7 Å². The van der Waals surface area contributed by atoms with Gasteiger partial charge in [0, 0.05) is 44.8 Å². The lowest BCUT2D eigenvalue weighted by Gasteiger charge is -2.39. The molecule has 124 valence electrons. The van der Waals surface area contributed by atoms with E-state index < -0.39 is 0 Å². The standard InChI is InChI=1S/C16H24N6O/c1-4-5-13-12(10-18-19-13)16(23)22-9-8-20(2)14(11-22)15-17-6-7-21(15)3/h6-7,10,14H,4-5,8-9,11H2,1-3H3,(H,18,19)/t14-/m1/s1. The van der Waals surface area contributed by atoms with Gasteiger partial charge in [-0.1, -0.05) is 13.3 Å². The molecular formula is C16H24N6O. The molecule has 1 atom stereocenters. The minimum atomic E-state index is 0.0644. The van der Waals surface area contributed by atoms with Crippen LogP contribution in [0.2, 0.25) is 0 Å². The number of aromatic amines is 1. The van der Waals surface area contributed by atoms with Gasteiger partial charge >= 0.3 is 0 Å². The van der Waals surface area contributed by atoms with Gasteiger partial charge in [-0.2, -0.15) is 5.10 Å². The summed E-state index contributed by atoms with van der Waals surface area (Å²) in [6, 6.07) is 0.120. The lowest BCUT2D eigenvalue weighted by Crippen LogP contribution is -2.49. The van der Waals surface area contributed by atoms with Crippen LogP contribution in [-0.2, 0) is 13.5 Å². The van der Waals surface area contributed by atoms with Crippen molar-refractivity contribution >= 4 is 5.91 Å². The number of imidazole rings is 1. The van der Waals surface area contributed by atoms with Gasteiger partial charge in [0.05, 0.1) is 17.8 Å². The van der Waals surface area contributed by atoms with Crippen LogP contribution in [0.4, 0.5) is 0 Å². The third kappa shape index (κ3) is 3.01. The van der Waals surface area contributed by atoms with Gasteiger partial charge in [0.1, 0.15) is 5.82 Å². The summed E-state index contributed by atoms with van der Waals surface area (Å²) in [5, 5.41) is 7.01. The number of piperazine rings is 1. The summed E-state index contributed by atoms with van der Waals surface area (Å²) in [5.74, 6) is 1.06. The minimum Gasteiger partial charge on any atom is -0.337 e. The van der Waals surface area contributed by atoms with Gasteiger partial charge in [0.15, 0.2) is 0 Å². The number of aromatic nitrogens is 4. The fourth-order valence-corrected chi connectivity index (χ4v) is 3.14. The Bertz CT molecular complexity index is 676. The smallest absolute Gasteiger partial charge is 0.257 e. The van der Waals surface area contributed by atoms with E-state index in [0.717, 1.165) is 37.4 Å². The molecule has 1 aliphatic rings. The second-order valence-corrected chi connectivity index (χ2v) is 6.16. The summed E-state index contributed by atoms with van der Waals surface area (Å²) in [7, 11) is 4.08. The van der Waals surface area contributed by atoms with E-state index in [1.165, 1.54) is 0 Å². The zero-order valence-electron chi connectivity index (χ0n) is 14.0. The number of hydrogen-bond donors (Lipinski definition) is 1. The Kier molecular flexibility index (Phi) is 4.47. The lowest BCUT2D eigenvalue weighted by atomic mass is 10.1. The van der Waals surface area contributed by atoms with E-state index >= 15 is 0 Å². The third-order valence-corrected chi connectivity index (χ3v) is 4.54. The SMILES string of the molecule is CCCc1[nH]ncc1C(=O)N1CCN(C)[C@@H](c2nccn2C)C1. The van der Waals surface area contributed by atoms with Crippen molar-refractivity contribution in [1.29, 1.82) is 0 Å². The summed E-state index contributed by atoms with van der Waals surface area (Å²) < 4.78 is 2.02. The van der Waals surface area contributed by atoms with Crippen LogP contribution in [0.1, 0.15) is 41.3 Å². The van der Waals surface area contributed by atoms with Gasteiger partial charge in [0.25, 0.3) is 5.91 Å². The van der Waals surface area contributed by atoms with E-state index in [-0.39, 0.29) is 11.9 Å². The third-order valence-electron chi connectivity index (χ3n) is 4.54. The number of H-pyrrole nitrogens is 1. The fourth-order valence-electron chi connectivity index (χ4n) is 3.14. The van der Waals surface area contributed by atoms with Crippen LogP contribution >= 0.6 is 0 Å². The molecule has 3 rings (SSSR count). The second-order valence-electron chi connectivity index (χ2n) is 6.16. The minimum absolute atomic E-state index is 0.0644. The molecule has 0 aliphatic carbocycles. The molecule has 3 heterocycles. The van der Waals surface area contributed by atoms with Crippen molar-refractivity contribution in [2.24, 2.45) is 7.05 Å². The molecule has 1 N–H and O–H groups in total. The maximum Gasteiger partial charge on any atom is 0.257 e. The topological polar surface area (TPSA) is 70.1 Å². The molecule has 0 spiro atoms. The largest absolute Gasteiger partial charge is 0.337 e. The van der Waals surface area contributed by atoms with Crippen LogP contribution in [0.15, 0.2) is 18.6 Å². The zero-order valence-corrected chi connectivity index (χ0v) is 14.0. The molecule has 2 aromatic heterocycles. The van der Waals surface area contributed by atoms with E-state index in [4.69, 9.17) is 0 Å². The van der Waals surface area contributed by atoms with Crippen LogP contribution in [-0.4, -0.2) is 62.1 Å². The molecule has 7 nitrogen and oxygen atoms in total. The number of nitrogens with zero attached hydrogens (tertiary/aromatic N) is 5. The number of likely N-dealkylation sites (N-methyl/N-ethyl adjacent to an activating group) is 1. The highest BCUT2D eigenvalue weighted by Gasteiger charge is 2.32. The number of rotatable bonds is 4. The first-order valence-corrected chi connectivity index (χ1v) is 8.10. The first kappa shape index (κ1) is 15.7. The van der Waals surface area contributed by atoms with Gasteiger partial charge in [0.2, 0.25) is 0 Å². The van der Waals surface area contributed by atoms with Gasteiger partial charge in [-0.3, -0.25) is 14.8 Å². The highest BCUT2D eigenvalue weighted by Crippen LogP contribution is 2.24. The van der Waals surface area contributed by atoms with Crippen molar-refractivity contribution in [1.82, 2.24) is 29.5 Å². The summed E-state index contributed by atoms with van der Waals surface area (Å²) in [6.45, 7) is 4.32. The average Bonchev–Trinajstić information content (AvgIpc) is 3.17. The molecule has 1 fully saturated rings. The van der Waals surface area contributed by atoms with E-state index in [0.29, 0.717) is 12.1 Å². The Morgan fingerprint density at radius 1 is 1.39 bits per heavy atom. The zero-order chi connectivity index (χ0) is 16.4. The Morgan fingerprint density at radius 2 is 2.22 bits per heavy atom. The van der Waals surface area contributed by atoms with Gasteiger partial charge < -0.3 is 9.47 Å². The summed E-state index contributed by atoms with van der Waals surface area (Å²) in [6.07, 6.45) is 7.23. The summed E-state index contributed by atoms with van der Waals surface area (Å²) >= 11 is 0. The van der Waals surface area contributed by atoms with Crippen molar-refractivity contribution in [2.75, 3.05) is 26.7 Å². The molecule has 0 saturated carbocycles. The lowest BCUT2D eigenvalue weighted by molar-refractivity contribution is 0.0528. The van der Waals surface area contributed by atoms with Gasteiger partial charge in [-0.25, -0.2) is 4.98 Å². The van der Waals surface area contributed by atoms with Crippen LogP contribution in [0.25, 0.3) is 0 Å². The summed E-state index contributed by atoms with van der Waals surface area (Å²) in [5.41, 5.74) is 1.64. The van der Waals surface area contributed by atoms with Crippen LogP contribution in [0.3, 0.4) is 0 Å². The molecule has 0 radical (unpaired) electrons. The number of nitrogens with one attached hydrogen (secondary N) is 1. The fraction of sp³-hybridized carbons (Fsp3) is 0.562. The monoisotopic (exact) mass is 316 g/mol. The van der Waals surface area contributed by atoms with Crippen LogP contribution in [0, 0.1) is 0 Å². The first-order chi connectivity index (χ1) is 11.1. The number of hydrogen-bond acceptors (Lipinski definition) is 4. The van der Waals surface area contributed by atoms with Gasteiger partial charge in [-0.05, 0) is 13.5 Å². The van der Waals surface area contributed by atoms with Crippen molar-refractivity contribution in [3.8, 4) is 0 Å². The molecule has 1 amide bonds. The van der Waals surface area contributed by atoms with Gasteiger partial charge in [-0.15, -0.1) is 0 Å². The first-order valence-electron chi connectivity index (χ1n) is 8.10. The maximum absolute atomic E-state index is 12.9. The van der Waals surface area contributed by atoms with Crippen LogP contribution in [0.5, 0.6) is 0 Å². The van der Waals surface area contributed by atoms with Crippen molar-refractivity contribution in [3.63, 3.8) is 0 Å². The molecule has 0 unspecified atom stereocenters. The predicted molar refractivity (Wildman–Crippen MR) is 87.1 cm³/mol. The highest BCUT2D eigenvalue weighted by molar-refractivity contribution is 5.95. The maximum atomic E-state index is 12.9. The quantitative estimate of drug-likeness (QED) is 0.921. The Hall–Kier alpha value is -2.15. The number of carbonyl (C=O) groups excluding carboxylic acids is 1. The Morgan fingerprint density at radius 3 is 2.91 bits per heavy atom. The van der Waals surface area contributed by atoms with E-state index in [1.54, 1.807) is 12.4 Å². The molecule has 23 heavy (non-hydrogen) atoms. The van der Waals surface area contributed by atoms with Crippen molar-refractivity contribution in [3.05, 3.63) is 35.7 Å². The van der Waals surface area contributed by atoms with E-state index in [2.05, 4.69) is 34.1 Å². The number of amides is 1. The number of carbonyl (C=O) groups is 1. The van der Waals surface area contributed by atoms with Crippen LogP contribution < -0.4 is 0 Å². The molecule has 2 aromatic rings. The molecule has 0 bridgehead atoms. The second kappa shape index (κ2) is 6.54. The summed E-state index contributed by atoms with van der Waals surface area (Å²) in [4.78, 5) is 21.5. The molecule has 0 aromatic carbocycles. The van der Waals surface area contributed by atoms with Crippen molar-refractivity contribution in [2.45, 2.75) is 25.8 Å².